The lowest BCUT2D eigenvalue weighted by molar-refractivity contribution is 0.0648. The molecular weight excluding hydrogens is 218 g/mol. The molecule has 2 rings (SSSR count). The van der Waals surface area contributed by atoms with Crippen LogP contribution in [0.5, 0.6) is 11.5 Å². The SMILES string of the molecule is CC1(C)CCCN1C(=O)c1cc(O)ccc1O. The van der Waals surface area contributed by atoms with Crippen molar-refractivity contribution in [3.63, 3.8) is 0 Å². The first-order valence-electron chi connectivity index (χ1n) is 5.76. The second-order valence-corrected chi connectivity index (χ2v) is 5.07. The van der Waals surface area contributed by atoms with Crippen LogP contribution in [0.1, 0.15) is 37.0 Å². The normalized spacial score (nSPS) is 18.4. The van der Waals surface area contributed by atoms with Crippen LogP contribution in [0.4, 0.5) is 0 Å². The van der Waals surface area contributed by atoms with Gasteiger partial charge in [-0.05, 0) is 44.9 Å². The number of hydrogen-bond acceptors (Lipinski definition) is 3. The third-order valence-corrected chi connectivity index (χ3v) is 3.36. The molecule has 0 spiro atoms. The van der Waals surface area contributed by atoms with E-state index in [1.807, 2.05) is 13.8 Å². The minimum Gasteiger partial charge on any atom is -0.508 e. The van der Waals surface area contributed by atoms with E-state index >= 15 is 0 Å². The van der Waals surface area contributed by atoms with Crippen molar-refractivity contribution in [1.29, 1.82) is 0 Å². The van der Waals surface area contributed by atoms with Crippen LogP contribution in [0.2, 0.25) is 0 Å². The maximum Gasteiger partial charge on any atom is 0.258 e. The van der Waals surface area contributed by atoms with Crippen LogP contribution >= 0.6 is 0 Å². The molecule has 0 aromatic heterocycles. The number of likely N-dealkylation sites (tertiary alicyclic amines) is 1. The first kappa shape index (κ1) is 11.8. The summed E-state index contributed by atoms with van der Waals surface area (Å²) >= 11 is 0. The van der Waals surface area contributed by atoms with Gasteiger partial charge in [-0.25, -0.2) is 0 Å². The second kappa shape index (κ2) is 3.95. The van der Waals surface area contributed by atoms with E-state index in [2.05, 4.69) is 0 Å². The minimum atomic E-state index is -0.221. The van der Waals surface area contributed by atoms with Gasteiger partial charge in [-0.15, -0.1) is 0 Å². The number of aromatic hydroxyl groups is 2. The van der Waals surface area contributed by atoms with Gasteiger partial charge in [0.1, 0.15) is 11.5 Å². The smallest absolute Gasteiger partial charge is 0.258 e. The van der Waals surface area contributed by atoms with E-state index in [-0.39, 0.29) is 28.5 Å². The van der Waals surface area contributed by atoms with Gasteiger partial charge in [-0.1, -0.05) is 0 Å². The van der Waals surface area contributed by atoms with Gasteiger partial charge in [0.05, 0.1) is 5.56 Å². The highest BCUT2D eigenvalue weighted by molar-refractivity contribution is 5.97. The lowest BCUT2D eigenvalue weighted by Crippen LogP contribution is -2.42. The summed E-state index contributed by atoms with van der Waals surface area (Å²) in [6, 6.07) is 4.01. The van der Waals surface area contributed by atoms with Crippen molar-refractivity contribution in [3.8, 4) is 11.5 Å². The Morgan fingerprint density at radius 1 is 1.35 bits per heavy atom. The molecule has 4 nitrogen and oxygen atoms in total. The molecule has 1 aliphatic heterocycles. The Kier molecular flexibility index (Phi) is 2.73. The summed E-state index contributed by atoms with van der Waals surface area (Å²) in [7, 11) is 0. The largest absolute Gasteiger partial charge is 0.508 e. The number of carbonyl (C=O) groups is 1. The van der Waals surface area contributed by atoms with Crippen molar-refractivity contribution in [2.45, 2.75) is 32.2 Å². The predicted molar refractivity (Wildman–Crippen MR) is 64.1 cm³/mol. The van der Waals surface area contributed by atoms with Crippen molar-refractivity contribution < 1.29 is 15.0 Å². The zero-order valence-corrected chi connectivity index (χ0v) is 10.1. The van der Waals surface area contributed by atoms with E-state index in [1.165, 1.54) is 18.2 Å². The molecule has 0 bridgehead atoms. The molecule has 0 unspecified atom stereocenters. The molecule has 1 saturated heterocycles. The molecule has 1 heterocycles. The lowest BCUT2D eigenvalue weighted by Gasteiger charge is -2.31. The molecule has 1 fully saturated rings. The van der Waals surface area contributed by atoms with Gasteiger partial charge in [0, 0.05) is 12.1 Å². The lowest BCUT2D eigenvalue weighted by atomic mass is 10.0. The quantitative estimate of drug-likeness (QED) is 0.733. The average molecular weight is 235 g/mol. The first-order chi connectivity index (χ1) is 7.92. The highest BCUT2D eigenvalue weighted by Crippen LogP contribution is 2.32. The Bertz CT molecular complexity index is 454. The number of phenolic OH excluding ortho intramolecular Hbond substituents is 2. The number of amides is 1. The number of nitrogens with zero attached hydrogens (tertiary/aromatic N) is 1. The Hall–Kier alpha value is -1.71. The molecule has 17 heavy (non-hydrogen) atoms. The number of phenols is 2. The first-order valence-corrected chi connectivity index (χ1v) is 5.76. The summed E-state index contributed by atoms with van der Waals surface area (Å²) in [4.78, 5) is 14.0. The topological polar surface area (TPSA) is 60.8 Å². The monoisotopic (exact) mass is 235 g/mol. The summed E-state index contributed by atoms with van der Waals surface area (Å²) in [6.45, 7) is 4.72. The highest BCUT2D eigenvalue weighted by Gasteiger charge is 2.36. The van der Waals surface area contributed by atoms with Crippen LogP contribution in [0.3, 0.4) is 0 Å². The summed E-state index contributed by atoms with van der Waals surface area (Å²) < 4.78 is 0. The van der Waals surface area contributed by atoms with Gasteiger partial charge in [-0.2, -0.15) is 0 Å². The predicted octanol–water partition coefficient (Wildman–Crippen LogP) is 2.11. The molecule has 0 atom stereocenters. The number of benzene rings is 1. The minimum absolute atomic E-state index is 0.0110. The van der Waals surface area contributed by atoms with Gasteiger partial charge in [0.25, 0.3) is 5.91 Å². The standard InChI is InChI=1S/C13H17NO3/c1-13(2)6-3-7-14(13)12(17)10-8-9(15)4-5-11(10)16/h4-5,8,15-16H,3,6-7H2,1-2H3. The molecule has 4 heteroatoms. The van der Waals surface area contributed by atoms with E-state index in [0.29, 0.717) is 6.54 Å². The summed E-state index contributed by atoms with van der Waals surface area (Å²) in [5, 5.41) is 19.1. The Morgan fingerprint density at radius 2 is 2.06 bits per heavy atom. The Labute approximate surface area is 100 Å². The van der Waals surface area contributed by atoms with Crippen LogP contribution in [-0.2, 0) is 0 Å². The van der Waals surface area contributed by atoms with Crippen molar-refractivity contribution in [3.05, 3.63) is 23.8 Å². The third-order valence-electron chi connectivity index (χ3n) is 3.36. The maximum atomic E-state index is 12.3. The van der Waals surface area contributed by atoms with Gasteiger partial charge in [0.2, 0.25) is 0 Å². The molecule has 0 aliphatic carbocycles. The average Bonchev–Trinajstić information content (AvgIpc) is 2.61. The van der Waals surface area contributed by atoms with E-state index < -0.39 is 0 Å². The summed E-state index contributed by atoms with van der Waals surface area (Å²) in [6.07, 6.45) is 1.93. The fourth-order valence-corrected chi connectivity index (χ4v) is 2.32. The Morgan fingerprint density at radius 3 is 2.65 bits per heavy atom. The summed E-state index contributed by atoms with van der Waals surface area (Å²) in [5.74, 6) is -0.320. The van der Waals surface area contributed by atoms with Crippen LogP contribution < -0.4 is 0 Å². The second-order valence-electron chi connectivity index (χ2n) is 5.07. The molecule has 1 aromatic carbocycles. The van der Waals surface area contributed by atoms with Crippen molar-refractivity contribution >= 4 is 5.91 Å². The fraction of sp³-hybridized carbons (Fsp3) is 0.462. The van der Waals surface area contributed by atoms with Crippen molar-refractivity contribution in [2.24, 2.45) is 0 Å². The van der Waals surface area contributed by atoms with E-state index in [1.54, 1.807) is 4.90 Å². The Balaban J connectivity index is 2.34. The van der Waals surface area contributed by atoms with Crippen LogP contribution in [0.15, 0.2) is 18.2 Å². The maximum absolute atomic E-state index is 12.3. The summed E-state index contributed by atoms with van der Waals surface area (Å²) in [5.41, 5.74) is -0.0189. The molecule has 0 radical (unpaired) electrons. The van der Waals surface area contributed by atoms with Crippen molar-refractivity contribution in [1.82, 2.24) is 4.90 Å². The van der Waals surface area contributed by atoms with E-state index in [9.17, 15) is 15.0 Å². The zero-order chi connectivity index (χ0) is 12.6. The van der Waals surface area contributed by atoms with Crippen LogP contribution in [-0.4, -0.2) is 33.1 Å². The zero-order valence-electron chi connectivity index (χ0n) is 10.1. The number of rotatable bonds is 1. The number of carbonyl (C=O) groups excluding carboxylic acids is 1. The highest BCUT2D eigenvalue weighted by atomic mass is 16.3. The molecule has 1 aliphatic rings. The molecule has 0 saturated carbocycles. The molecule has 92 valence electrons. The van der Waals surface area contributed by atoms with Crippen LogP contribution in [0.25, 0.3) is 0 Å². The van der Waals surface area contributed by atoms with E-state index in [4.69, 9.17) is 0 Å². The van der Waals surface area contributed by atoms with Gasteiger partial charge in [-0.3, -0.25) is 4.79 Å². The molecule has 1 amide bonds. The van der Waals surface area contributed by atoms with Crippen LogP contribution in [0, 0.1) is 0 Å². The van der Waals surface area contributed by atoms with Gasteiger partial charge in [0.15, 0.2) is 0 Å². The van der Waals surface area contributed by atoms with Gasteiger partial charge >= 0.3 is 0 Å². The molecule has 1 aromatic rings. The third kappa shape index (κ3) is 2.07. The number of hydrogen-bond donors (Lipinski definition) is 2. The fourth-order valence-electron chi connectivity index (χ4n) is 2.32. The molecular formula is C13H17NO3. The van der Waals surface area contributed by atoms with Gasteiger partial charge < -0.3 is 15.1 Å². The van der Waals surface area contributed by atoms with E-state index in [0.717, 1.165) is 12.8 Å². The molecule has 2 N–H and O–H groups in total. The van der Waals surface area contributed by atoms with Crippen molar-refractivity contribution in [2.75, 3.05) is 6.54 Å².